The number of nitrogens with zero attached hydrogens (tertiary/aromatic N) is 2. The first-order valence-corrected chi connectivity index (χ1v) is 14.5. The lowest BCUT2D eigenvalue weighted by Crippen LogP contribution is -2.21. The summed E-state index contributed by atoms with van der Waals surface area (Å²) in [5.41, 5.74) is 3.97. The molecule has 1 aromatic heterocycles. The minimum atomic E-state index is 0.494. The standard InChI is InChI=1S/C10H13N3O.C6H7N.C5H9NO.2C5H11N/c1-12-10-3-2-8(6-13-7-14)4-9(10)5-11;1-6-2-4-7-5-3-6;7-5-6-3-1-2-4-6;1-5-3-2-4-6-5;1-2-4-6-5-3-1/h2-5,7,11-12H,6H2,1H3,(H,13,14);2-5H,1H3;5H,1-4H2;5-6H,2-4H2,1H3;6H,1-5H2. The number of benzene rings is 1. The summed E-state index contributed by atoms with van der Waals surface area (Å²) in [5, 5.41) is 19.4. The molecular weight excluding hydrogens is 502 g/mol. The van der Waals surface area contributed by atoms with Gasteiger partial charge in [0.15, 0.2) is 0 Å². The van der Waals surface area contributed by atoms with E-state index in [1.54, 1.807) is 17.3 Å². The summed E-state index contributed by atoms with van der Waals surface area (Å²) in [6.07, 6.45) is 15.8. The van der Waals surface area contributed by atoms with Crippen molar-refractivity contribution in [1.29, 1.82) is 5.41 Å². The number of aromatic nitrogens is 1. The molecule has 1 atom stereocenters. The lowest BCUT2D eigenvalue weighted by Gasteiger charge is -2.08. The van der Waals surface area contributed by atoms with Crippen LogP contribution in [0.2, 0.25) is 0 Å². The van der Waals surface area contributed by atoms with Crippen LogP contribution in [0.25, 0.3) is 0 Å². The smallest absolute Gasteiger partial charge is 0.209 e. The van der Waals surface area contributed by atoms with Crippen LogP contribution >= 0.6 is 0 Å². The zero-order chi connectivity index (χ0) is 29.3. The van der Waals surface area contributed by atoms with Crippen molar-refractivity contribution in [1.82, 2.24) is 25.8 Å². The van der Waals surface area contributed by atoms with Crippen LogP contribution in [-0.4, -0.2) is 74.7 Å². The molecule has 3 aliphatic rings. The van der Waals surface area contributed by atoms with E-state index >= 15 is 0 Å². The van der Waals surface area contributed by atoms with Crippen LogP contribution in [0.4, 0.5) is 5.69 Å². The van der Waals surface area contributed by atoms with Gasteiger partial charge in [0.25, 0.3) is 0 Å². The molecule has 1 unspecified atom stereocenters. The molecule has 9 nitrogen and oxygen atoms in total. The summed E-state index contributed by atoms with van der Waals surface area (Å²) in [5.74, 6) is 0. The van der Waals surface area contributed by atoms with Crippen molar-refractivity contribution in [3.63, 3.8) is 0 Å². The van der Waals surface area contributed by atoms with E-state index in [0.29, 0.717) is 13.0 Å². The van der Waals surface area contributed by atoms with Gasteiger partial charge in [-0.15, -0.1) is 0 Å². The monoisotopic (exact) mass is 553 g/mol. The predicted molar refractivity (Wildman–Crippen MR) is 166 cm³/mol. The molecule has 0 bridgehead atoms. The highest BCUT2D eigenvalue weighted by Gasteiger charge is 2.06. The number of hydrogen-bond donors (Lipinski definition) is 5. The number of pyridine rings is 1. The third-order valence-electron chi connectivity index (χ3n) is 6.58. The highest BCUT2D eigenvalue weighted by molar-refractivity contribution is 5.86. The second kappa shape index (κ2) is 23.6. The van der Waals surface area contributed by atoms with E-state index in [1.165, 1.54) is 76.4 Å². The molecule has 0 spiro atoms. The zero-order valence-electron chi connectivity index (χ0n) is 24.8. The second-order valence-electron chi connectivity index (χ2n) is 10.00. The van der Waals surface area contributed by atoms with Crippen LogP contribution in [0.3, 0.4) is 0 Å². The Kier molecular flexibility index (Phi) is 20.5. The number of amides is 2. The Morgan fingerprint density at radius 1 is 1.00 bits per heavy atom. The number of carbonyl (C=O) groups excluding carboxylic acids is 2. The van der Waals surface area contributed by atoms with E-state index in [-0.39, 0.29) is 0 Å². The second-order valence-corrected chi connectivity index (χ2v) is 10.00. The fourth-order valence-corrected chi connectivity index (χ4v) is 4.16. The van der Waals surface area contributed by atoms with E-state index in [1.807, 2.05) is 44.3 Å². The van der Waals surface area contributed by atoms with Gasteiger partial charge in [-0.1, -0.05) is 12.5 Å². The summed E-state index contributed by atoms with van der Waals surface area (Å²) in [6, 6.07) is 10.4. The normalized spacial score (nSPS) is 17.1. The summed E-state index contributed by atoms with van der Waals surface area (Å²) in [7, 11) is 1.81. The molecule has 0 radical (unpaired) electrons. The molecule has 5 rings (SSSR count). The van der Waals surface area contributed by atoms with E-state index in [4.69, 9.17) is 5.41 Å². The molecule has 4 heterocycles. The van der Waals surface area contributed by atoms with Gasteiger partial charge in [-0.2, -0.15) is 0 Å². The maximum Gasteiger partial charge on any atom is 0.209 e. The van der Waals surface area contributed by atoms with Gasteiger partial charge in [0.05, 0.1) is 0 Å². The minimum absolute atomic E-state index is 0.494. The van der Waals surface area contributed by atoms with Gasteiger partial charge in [-0.05, 0) is 107 Å². The first kappa shape index (κ1) is 34.7. The molecule has 9 heteroatoms. The Balaban J connectivity index is 0.000000263. The highest BCUT2D eigenvalue weighted by atomic mass is 16.1. The predicted octanol–water partition coefficient (Wildman–Crippen LogP) is 4.12. The van der Waals surface area contributed by atoms with E-state index in [9.17, 15) is 9.59 Å². The van der Waals surface area contributed by atoms with Crippen LogP contribution in [0.5, 0.6) is 0 Å². The first-order chi connectivity index (χ1) is 19.5. The van der Waals surface area contributed by atoms with Gasteiger partial charge in [-0.3, -0.25) is 14.6 Å². The van der Waals surface area contributed by atoms with Crippen molar-refractivity contribution in [2.75, 3.05) is 45.1 Å². The van der Waals surface area contributed by atoms with Crippen molar-refractivity contribution in [2.24, 2.45) is 0 Å². The van der Waals surface area contributed by atoms with Crippen LogP contribution < -0.4 is 21.3 Å². The maximum atomic E-state index is 10.1. The molecule has 3 aliphatic heterocycles. The quantitative estimate of drug-likeness (QED) is 0.271. The summed E-state index contributed by atoms with van der Waals surface area (Å²) in [4.78, 5) is 25.7. The summed E-state index contributed by atoms with van der Waals surface area (Å²) >= 11 is 0. The van der Waals surface area contributed by atoms with Gasteiger partial charge in [0, 0.05) is 62.6 Å². The Bertz CT molecular complexity index is 900. The number of carbonyl (C=O) groups is 2. The maximum absolute atomic E-state index is 10.1. The average molecular weight is 554 g/mol. The largest absolute Gasteiger partial charge is 0.388 e. The first-order valence-electron chi connectivity index (χ1n) is 14.5. The molecule has 0 saturated carbocycles. The third-order valence-corrected chi connectivity index (χ3v) is 6.58. The van der Waals surface area contributed by atoms with Crippen LogP contribution in [-0.2, 0) is 16.1 Å². The lowest BCUT2D eigenvalue weighted by atomic mass is 10.1. The van der Waals surface area contributed by atoms with Crippen molar-refractivity contribution < 1.29 is 9.59 Å². The van der Waals surface area contributed by atoms with Gasteiger partial charge in [0.1, 0.15) is 0 Å². The number of anilines is 1. The lowest BCUT2D eigenvalue weighted by molar-refractivity contribution is -0.117. The topological polar surface area (TPSA) is 122 Å². The molecule has 1 aromatic carbocycles. The summed E-state index contributed by atoms with van der Waals surface area (Å²) < 4.78 is 0. The number of likely N-dealkylation sites (tertiary alicyclic amines) is 1. The molecule has 0 aliphatic carbocycles. The highest BCUT2D eigenvalue weighted by Crippen LogP contribution is 2.14. The van der Waals surface area contributed by atoms with E-state index in [0.717, 1.165) is 42.4 Å². The van der Waals surface area contributed by atoms with E-state index in [2.05, 4.69) is 33.2 Å². The molecule has 2 amide bonds. The van der Waals surface area contributed by atoms with Crippen LogP contribution in [0.1, 0.15) is 68.6 Å². The van der Waals surface area contributed by atoms with Crippen LogP contribution in [0.15, 0.2) is 42.7 Å². The molecule has 40 heavy (non-hydrogen) atoms. The summed E-state index contributed by atoms with van der Waals surface area (Å²) in [6.45, 7) is 10.5. The Morgan fingerprint density at radius 2 is 1.70 bits per heavy atom. The zero-order valence-corrected chi connectivity index (χ0v) is 24.8. The molecule has 2 aromatic rings. The molecule has 222 valence electrons. The van der Waals surface area contributed by atoms with Gasteiger partial charge >= 0.3 is 0 Å². The van der Waals surface area contributed by atoms with Crippen molar-refractivity contribution in [3.8, 4) is 0 Å². The fraction of sp³-hybridized carbons (Fsp3) is 0.548. The Labute approximate surface area is 241 Å². The van der Waals surface area contributed by atoms with Gasteiger partial charge < -0.3 is 31.6 Å². The van der Waals surface area contributed by atoms with Crippen LogP contribution in [0, 0.1) is 12.3 Å². The molecule has 5 N–H and O–H groups in total. The number of piperidine rings is 1. The third kappa shape index (κ3) is 17.3. The molecule has 3 saturated heterocycles. The Hall–Kier alpha value is -3.30. The van der Waals surface area contributed by atoms with E-state index < -0.39 is 0 Å². The number of aryl methyl sites for hydroxylation is 1. The van der Waals surface area contributed by atoms with Crippen molar-refractivity contribution in [3.05, 3.63) is 59.4 Å². The molecular formula is C31H51N7O2. The molecule has 3 fully saturated rings. The fourth-order valence-electron chi connectivity index (χ4n) is 4.16. The average Bonchev–Trinajstić information content (AvgIpc) is 3.73. The minimum Gasteiger partial charge on any atom is -0.388 e. The number of nitrogens with one attached hydrogen (secondary N) is 5. The number of rotatable bonds is 6. The van der Waals surface area contributed by atoms with Crippen molar-refractivity contribution in [2.45, 2.75) is 71.4 Å². The number of hydrogen-bond acceptors (Lipinski definition) is 7. The van der Waals surface area contributed by atoms with Gasteiger partial charge in [-0.25, -0.2) is 0 Å². The Morgan fingerprint density at radius 3 is 2.05 bits per heavy atom. The van der Waals surface area contributed by atoms with Gasteiger partial charge in [0.2, 0.25) is 12.8 Å². The SMILES string of the molecule is C1CCNCC1.CC1CCCN1.CNc1ccc(CNC=O)cc1C=N.Cc1ccncc1.O=CN1CCCC1. The van der Waals surface area contributed by atoms with Crippen molar-refractivity contribution >= 4 is 24.7 Å².